The predicted octanol–water partition coefficient (Wildman–Crippen LogP) is 2.99. The van der Waals surface area contributed by atoms with Crippen LogP contribution in [-0.2, 0) is 12.6 Å². The third-order valence-corrected chi connectivity index (χ3v) is 5.24. The van der Waals surface area contributed by atoms with Gasteiger partial charge in [0.25, 0.3) is 0 Å². The Morgan fingerprint density at radius 2 is 2.04 bits per heavy atom. The van der Waals surface area contributed by atoms with Crippen molar-refractivity contribution in [3.05, 3.63) is 16.1 Å². The van der Waals surface area contributed by atoms with E-state index in [-0.39, 0.29) is 0 Å². The Morgan fingerprint density at radius 3 is 2.65 bits per heavy atom. The van der Waals surface area contributed by atoms with E-state index in [4.69, 9.17) is 0 Å². The maximum atomic E-state index is 12.5. The van der Waals surface area contributed by atoms with E-state index in [1.54, 1.807) is 7.05 Å². The van der Waals surface area contributed by atoms with Gasteiger partial charge >= 0.3 is 6.18 Å². The minimum Gasteiger partial charge on any atom is -0.356 e. The van der Waals surface area contributed by atoms with Gasteiger partial charge in [-0.3, -0.25) is 4.99 Å². The summed E-state index contributed by atoms with van der Waals surface area (Å²) >= 11 is 1.04. The average Bonchev–Trinajstić information content (AvgIpc) is 3.08. The van der Waals surface area contributed by atoms with Crippen LogP contribution < -0.4 is 10.6 Å². The molecule has 2 N–H and O–H groups in total. The molecule has 1 atom stereocenters. The van der Waals surface area contributed by atoms with Gasteiger partial charge in [-0.15, -0.1) is 11.3 Å². The first kappa shape index (κ1) is 21.0. The Kier molecular flexibility index (Phi) is 8.15. The first-order valence-electron chi connectivity index (χ1n) is 9.07. The number of hydrogen-bond acceptors (Lipinski definition) is 4. The van der Waals surface area contributed by atoms with Gasteiger partial charge in [-0.2, -0.15) is 13.2 Å². The molecule has 2 heterocycles. The molecule has 1 saturated heterocycles. The number of aromatic nitrogens is 1. The van der Waals surface area contributed by atoms with Crippen molar-refractivity contribution in [3.63, 3.8) is 0 Å². The van der Waals surface area contributed by atoms with Crippen LogP contribution in [0.15, 0.2) is 10.4 Å². The fourth-order valence-electron chi connectivity index (χ4n) is 2.98. The van der Waals surface area contributed by atoms with Crippen molar-refractivity contribution >= 4 is 17.3 Å². The number of likely N-dealkylation sites (tertiary alicyclic amines) is 1. The summed E-state index contributed by atoms with van der Waals surface area (Å²) in [5.74, 6) is 1.17. The SMILES string of the molecule is CN=C(NCCc1nc(C(F)(F)F)cs1)NCC(C)CN1CCCCC1. The monoisotopic (exact) mass is 391 g/mol. The summed E-state index contributed by atoms with van der Waals surface area (Å²) < 4.78 is 37.6. The molecule has 26 heavy (non-hydrogen) atoms. The zero-order valence-corrected chi connectivity index (χ0v) is 16.2. The van der Waals surface area contributed by atoms with Crippen LogP contribution in [0.25, 0.3) is 0 Å². The van der Waals surface area contributed by atoms with Gasteiger partial charge in [0.1, 0.15) is 0 Å². The van der Waals surface area contributed by atoms with Gasteiger partial charge in [-0.1, -0.05) is 13.3 Å². The second-order valence-corrected chi connectivity index (χ2v) is 7.66. The lowest BCUT2D eigenvalue weighted by Gasteiger charge is -2.29. The molecule has 1 aromatic rings. The van der Waals surface area contributed by atoms with E-state index in [2.05, 4.69) is 32.4 Å². The minimum atomic E-state index is -4.37. The first-order valence-corrected chi connectivity index (χ1v) is 9.95. The molecule has 0 amide bonds. The summed E-state index contributed by atoms with van der Waals surface area (Å²) in [4.78, 5) is 10.3. The summed E-state index contributed by atoms with van der Waals surface area (Å²) in [5.41, 5.74) is -0.813. The summed E-state index contributed by atoms with van der Waals surface area (Å²) in [5, 5.41) is 7.96. The highest BCUT2D eigenvalue weighted by molar-refractivity contribution is 7.09. The number of halogens is 3. The number of aliphatic imine (C=N–C) groups is 1. The van der Waals surface area contributed by atoms with E-state index < -0.39 is 11.9 Å². The Labute approximate surface area is 157 Å². The number of thiazole rings is 1. The van der Waals surface area contributed by atoms with Gasteiger partial charge in [-0.05, 0) is 31.8 Å². The van der Waals surface area contributed by atoms with E-state index in [0.29, 0.717) is 29.9 Å². The number of alkyl halides is 3. The Hall–Kier alpha value is -1.35. The minimum absolute atomic E-state index is 0.435. The fourth-order valence-corrected chi connectivity index (χ4v) is 3.79. The summed E-state index contributed by atoms with van der Waals surface area (Å²) in [6.07, 6.45) is -0.0232. The Balaban J connectivity index is 1.66. The normalized spacial score (nSPS) is 18.0. The van der Waals surface area contributed by atoms with Crippen LogP contribution in [0.3, 0.4) is 0 Å². The van der Waals surface area contributed by atoms with Gasteiger partial charge in [0, 0.05) is 38.5 Å². The molecule has 5 nitrogen and oxygen atoms in total. The lowest BCUT2D eigenvalue weighted by atomic mass is 10.1. The van der Waals surface area contributed by atoms with Crippen molar-refractivity contribution in [2.75, 3.05) is 39.8 Å². The fraction of sp³-hybridized carbons (Fsp3) is 0.765. The predicted molar refractivity (Wildman–Crippen MR) is 99.6 cm³/mol. The standard InChI is InChI=1S/C17H28F3N5S/c1-13(11-25-8-4-3-5-9-25)10-23-16(21-2)22-7-6-15-24-14(12-26-15)17(18,19)20/h12-13H,3-11H2,1-2H3,(H2,21,22,23). The molecule has 1 unspecified atom stereocenters. The molecule has 1 aliphatic heterocycles. The maximum absolute atomic E-state index is 12.5. The van der Waals surface area contributed by atoms with Crippen molar-refractivity contribution in [2.45, 2.75) is 38.8 Å². The second-order valence-electron chi connectivity index (χ2n) is 6.72. The van der Waals surface area contributed by atoms with Crippen molar-refractivity contribution in [1.82, 2.24) is 20.5 Å². The molecular weight excluding hydrogens is 363 g/mol. The largest absolute Gasteiger partial charge is 0.434 e. The molecule has 1 fully saturated rings. The quantitative estimate of drug-likeness (QED) is 0.554. The van der Waals surface area contributed by atoms with E-state index >= 15 is 0 Å². The Bertz CT molecular complexity index is 567. The maximum Gasteiger partial charge on any atom is 0.434 e. The molecule has 1 aromatic heterocycles. The van der Waals surface area contributed by atoms with Crippen molar-refractivity contribution in [1.29, 1.82) is 0 Å². The molecule has 0 aliphatic carbocycles. The van der Waals surface area contributed by atoms with E-state index in [1.807, 2.05) is 0 Å². The molecule has 2 rings (SSSR count). The number of nitrogens with one attached hydrogen (secondary N) is 2. The van der Waals surface area contributed by atoms with Gasteiger partial charge in [0.15, 0.2) is 11.7 Å². The molecular formula is C17H28F3N5S. The van der Waals surface area contributed by atoms with Crippen LogP contribution in [0, 0.1) is 5.92 Å². The number of rotatable bonds is 7. The molecule has 0 saturated carbocycles. The molecule has 1 aliphatic rings. The lowest BCUT2D eigenvalue weighted by Crippen LogP contribution is -2.42. The third-order valence-electron chi connectivity index (χ3n) is 4.33. The zero-order valence-electron chi connectivity index (χ0n) is 15.4. The van der Waals surface area contributed by atoms with Crippen LogP contribution in [0.2, 0.25) is 0 Å². The van der Waals surface area contributed by atoms with Gasteiger partial charge in [0.2, 0.25) is 0 Å². The molecule has 0 radical (unpaired) electrons. The van der Waals surface area contributed by atoms with Crippen molar-refractivity contribution in [2.24, 2.45) is 10.9 Å². The van der Waals surface area contributed by atoms with Crippen LogP contribution >= 0.6 is 11.3 Å². The lowest BCUT2D eigenvalue weighted by molar-refractivity contribution is -0.140. The average molecular weight is 392 g/mol. The summed E-state index contributed by atoms with van der Waals surface area (Å²) in [7, 11) is 1.69. The van der Waals surface area contributed by atoms with Crippen molar-refractivity contribution < 1.29 is 13.2 Å². The number of nitrogens with zero attached hydrogens (tertiary/aromatic N) is 3. The van der Waals surface area contributed by atoms with E-state index in [1.165, 1.54) is 32.4 Å². The summed E-state index contributed by atoms with van der Waals surface area (Å²) in [6, 6.07) is 0. The first-order chi connectivity index (χ1) is 12.4. The number of hydrogen-bond donors (Lipinski definition) is 2. The molecule has 0 spiro atoms. The Morgan fingerprint density at radius 1 is 1.31 bits per heavy atom. The van der Waals surface area contributed by atoms with Gasteiger partial charge in [-0.25, -0.2) is 4.98 Å². The van der Waals surface area contributed by atoms with Crippen LogP contribution in [-0.4, -0.2) is 55.6 Å². The third kappa shape index (κ3) is 7.11. The molecule has 0 bridgehead atoms. The molecule has 0 aromatic carbocycles. The second kappa shape index (κ2) is 10.1. The smallest absolute Gasteiger partial charge is 0.356 e. The zero-order chi connectivity index (χ0) is 19.0. The topological polar surface area (TPSA) is 52.6 Å². The summed E-state index contributed by atoms with van der Waals surface area (Å²) in [6.45, 7) is 6.96. The van der Waals surface area contributed by atoms with Crippen LogP contribution in [0.5, 0.6) is 0 Å². The number of piperidine rings is 1. The van der Waals surface area contributed by atoms with Crippen molar-refractivity contribution in [3.8, 4) is 0 Å². The molecule has 148 valence electrons. The van der Waals surface area contributed by atoms with E-state index in [9.17, 15) is 13.2 Å². The highest BCUT2D eigenvalue weighted by Crippen LogP contribution is 2.29. The van der Waals surface area contributed by atoms with Crippen LogP contribution in [0.1, 0.15) is 36.9 Å². The highest BCUT2D eigenvalue weighted by atomic mass is 32.1. The van der Waals surface area contributed by atoms with Crippen LogP contribution in [0.4, 0.5) is 13.2 Å². The highest BCUT2D eigenvalue weighted by Gasteiger charge is 2.33. The molecule has 9 heteroatoms. The van der Waals surface area contributed by atoms with Gasteiger partial charge < -0.3 is 15.5 Å². The number of guanidine groups is 1. The van der Waals surface area contributed by atoms with E-state index in [0.717, 1.165) is 29.8 Å². The van der Waals surface area contributed by atoms with Gasteiger partial charge in [0.05, 0.1) is 5.01 Å².